The van der Waals surface area contributed by atoms with Crippen molar-refractivity contribution in [1.82, 2.24) is 19.6 Å². The molecular weight excluding hydrogens is 362 g/mol. The van der Waals surface area contributed by atoms with Crippen molar-refractivity contribution in [1.29, 1.82) is 0 Å². The Morgan fingerprint density at radius 1 is 1.11 bits per heavy atom. The van der Waals surface area contributed by atoms with E-state index in [1.807, 2.05) is 6.07 Å². The molecule has 1 aliphatic rings. The maximum Gasteiger partial charge on any atom is 0.358 e. The van der Waals surface area contributed by atoms with Crippen LogP contribution in [-0.2, 0) is 9.53 Å². The van der Waals surface area contributed by atoms with Gasteiger partial charge in [-0.3, -0.25) is 4.79 Å². The van der Waals surface area contributed by atoms with Crippen molar-refractivity contribution < 1.29 is 19.1 Å². The van der Waals surface area contributed by atoms with Gasteiger partial charge in [0.15, 0.2) is 5.69 Å². The van der Waals surface area contributed by atoms with Crippen LogP contribution in [0, 0.1) is 0 Å². The van der Waals surface area contributed by atoms with E-state index in [1.165, 1.54) is 6.92 Å². The van der Waals surface area contributed by atoms with Gasteiger partial charge in [0.1, 0.15) is 0 Å². The lowest BCUT2D eigenvalue weighted by atomic mass is 10.2. The van der Waals surface area contributed by atoms with E-state index in [2.05, 4.69) is 10.4 Å². The average Bonchev–Trinajstić information content (AvgIpc) is 3.19. The number of rotatable bonds is 4. The lowest BCUT2D eigenvalue weighted by Gasteiger charge is -2.34. The summed E-state index contributed by atoms with van der Waals surface area (Å²) in [6.07, 6.45) is 1.66. The van der Waals surface area contributed by atoms with Crippen LogP contribution >= 0.6 is 0 Å². The van der Waals surface area contributed by atoms with E-state index < -0.39 is 5.97 Å². The van der Waals surface area contributed by atoms with E-state index in [9.17, 15) is 14.4 Å². The van der Waals surface area contributed by atoms with Crippen molar-refractivity contribution in [2.75, 3.05) is 38.1 Å². The fourth-order valence-electron chi connectivity index (χ4n) is 2.93. The Kier molecular flexibility index (Phi) is 5.93. The molecule has 3 amide bonds. The van der Waals surface area contributed by atoms with Crippen molar-refractivity contribution >= 4 is 23.6 Å². The molecule has 9 heteroatoms. The number of hydrogen-bond donors (Lipinski definition) is 1. The summed E-state index contributed by atoms with van der Waals surface area (Å²) in [6, 6.07) is 8.54. The summed E-state index contributed by atoms with van der Waals surface area (Å²) in [5, 5.41) is 7.08. The summed E-state index contributed by atoms with van der Waals surface area (Å²) in [7, 11) is 0. The number of esters is 1. The standard InChI is InChI=1S/C19H23N5O4/c1-3-28-18(26)17-7-8-24(21-17)16-6-4-5-15(13-16)20-19(27)23-11-9-22(10-12-23)14(2)25/h4-8,13H,3,9-12H2,1-2H3,(H,20,27). The van der Waals surface area contributed by atoms with Gasteiger partial charge in [-0.2, -0.15) is 5.10 Å². The zero-order chi connectivity index (χ0) is 20.1. The molecular formula is C19H23N5O4. The van der Waals surface area contributed by atoms with E-state index in [-0.39, 0.29) is 24.2 Å². The van der Waals surface area contributed by atoms with E-state index in [1.54, 1.807) is 51.9 Å². The Balaban J connectivity index is 1.64. The molecule has 0 radical (unpaired) electrons. The number of carbonyl (C=O) groups is 3. The van der Waals surface area contributed by atoms with Gasteiger partial charge < -0.3 is 19.9 Å². The second-order valence-corrected chi connectivity index (χ2v) is 6.34. The molecule has 2 aromatic rings. The summed E-state index contributed by atoms with van der Waals surface area (Å²) in [4.78, 5) is 39.0. The minimum Gasteiger partial charge on any atom is -0.461 e. The number of urea groups is 1. The number of benzene rings is 1. The summed E-state index contributed by atoms with van der Waals surface area (Å²) in [5.41, 5.74) is 1.54. The third-order valence-electron chi connectivity index (χ3n) is 4.45. The predicted octanol–water partition coefficient (Wildman–Crippen LogP) is 1.74. The fraction of sp³-hybridized carbons (Fsp3) is 0.368. The van der Waals surface area contributed by atoms with Gasteiger partial charge in [0.25, 0.3) is 0 Å². The summed E-state index contributed by atoms with van der Waals surface area (Å²) in [5.74, 6) is -0.454. The van der Waals surface area contributed by atoms with Crippen LogP contribution in [0.25, 0.3) is 5.69 Å². The van der Waals surface area contributed by atoms with Crippen LogP contribution in [-0.4, -0.2) is 70.3 Å². The molecule has 1 aliphatic heterocycles. The first kappa shape index (κ1) is 19.4. The van der Waals surface area contributed by atoms with Crippen LogP contribution in [0.3, 0.4) is 0 Å². The number of aromatic nitrogens is 2. The number of hydrogen-bond acceptors (Lipinski definition) is 5. The van der Waals surface area contributed by atoms with E-state index >= 15 is 0 Å². The molecule has 1 fully saturated rings. The molecule has 1 N–H and O–H groups in total. The first-order valence-corrected chi connectivity index (χ1v) is 9.12. The molecule has 0 unspecified atom stereocenters. The maximum absolute atomic E-state index is 12.5. The van der Waals surface area contributed by atoms with E-state index in [4.69, 9.17) is 4.74 Å². The van der Waals surface area contributed by atoms with Crippen molar-refractivity contribution in [2.45, 2.75) is 13.8 Å². The molecule has 2 heterocycles. The molecule has 148 valence electrons. The monoisotopic (exact) mass is 385 g/mol. The largest absolute Gasteiger partial charge is 0.461 e. The number of carbonyl (C=O) groups excluding carboxylic acids is 3. The Hall–Kier alpha value is -3.36. The molecule has 0 saturated carbocycles. The minimum atomic E-state index is -0.476. The molecule has 0 atom stereocenters. The first-order valence-electron chi connectivity index (χ1n) is 9.12. The highest BCUT2D eigenvalue weighted by molar-refractivity contribution is 5.90. The molecule has 28 heavy (non-hydrogen) atoms. The lowest BCUT2D eigenvalue weighted by Crippen LogP contribution is -2.51. The minimum absolute atomic E-state index is 0.0224. The fourth-order valence-corrected chi connectivity index (χ4v) is 2.93. The third kappa shape index (κ3) is 4.48. The Bertz CT molecular complexity index is 871. The molecule has 3 rings (SSSR count). The zero-order valence-corrected chi connectivity index (χ0v) is 15.9. The van der Waals surface area contributed by atoms with Gasteiger partial charge in [0.2, 0.25) is 5.91 Å². The van der Waals surface area contributed by atoms with Crippen LogP contribution in [0.15, 0.2) is 36.5 Å². The van der Waals surface area contributed by atoms with Crippen LogP contribution in [0.2, 0.25) is 0 Å². The Labute approximate surface area is 162 Å². The van der Waals surface area contributed by atoms with E-state index in [0.717, 1.165) is 0 Å². The summed E-state index contributed by atoms with van der Waals surface area (Å²) < 4.78 is 6.49. The van der Waals surface area contributed by atoms with E-state index in [0.29, 0.717) is 37.6 Å². The highest BCUT2D eigenvalue weighted by atomic mass is 16.5. The van der Waals surface area contributed by atoms with Crippen molar-refractivity contribution in [3.05, 3.63) is 42.2 Å². The normalized spacial score (nSPS) is 13.9. The topological polar surface area (TPSA) is 96.8 Å². The van der Waals surface area contributed by atoms with Gasteiger partial charge in [-0.05, 0) is 31.2 Å². The Morgan fingerprint density at radius 3 is 2.50 bits per heavy atom. The average molecular weight is 385 g/mol. The summed E-state index contributed by atoms with van der Waals surface area (Å²) in [6.45, 7) is 5.61. The highest BCUT2D eigenvalue weighted by Crippen LogP contribution is 2.16. The quantitative estimate of drug-likeness (QED) is 0.809. The molecule has 0 bridgehead atoms. The number of ether oxygens (including phenoxy) is 1. The second kappa shape index (κ2) is 8.55. The van der Waals surface area contributed by atoms with Gasteiger partial charge >= 0.3 is 12.0 Å². The number of nitrogens with zero attached hydrogens (tertiary/aromatic N) is 4. The van der Waals surface area contributed by atoms with Gasteiger partial charge in [0, 0.05) is 45.0 Å². The van der Waals surface area contributed by atoms with Crippen LogP contribution in [0.4, 0.5) is 10.5 Å². The molecule has 0 aliphatic carbocycles. The molecule has 1 aromatic carbocycles. The predicted molar refractivity (Wildman–Crippen MR) is 102 cm³/mol. The number of piperazine rings is 1. The van der Waals surface area contributed by atoms with Crippen LogP contribution in [0.1, 0.15) is 24.3 Å². The third-order valence-corrected chi connectivity index (χ3v) is 4.45. The number of nitrogens with one attached hydrogen (secondary N) is 1. The van der Waals surface area contributed by atoms with Crippen molar-refractivity contribution in [3.63, 3.8) is 0 Å². The number of amides is 3. The zero-order valence-electron chi connectivity index (χ0n) is 15.9. The molecule has 0 spiro atoms. The van der Waals surface area contributed by atoms with Gasteiger partial charge in [-0.1, -0.05) is 6.07 Å². The van der Waals surface area contributed by atoms with Gasteiger partial charge in [0.05, 0.1) is 12.3 Å². The summed E-state index contributed by atoms with van der Waals surface area (Å²) >= 11 is 0. The van der Waals surface area contributed by atoms with Gasteiger partial charge in [-0.15, -0.1) is 0 Å². The maximum atomic E-state index is 12.5. The lowest BCUT2D eigenvalue weighted by molar-refractivity contribution is -0.130. The number of anilines is 1. The molecule has 1 aromatic heterocycles. The molecule has 1 saturated heterocycles. The highest BCUT2D eigenvalue weighted by Gasteiger charge is 2.22. The first-order chi connectivity index (χ1) is 13.5. The van der Waals surface area contributed by atoms with Crippen molar-refractivity contribution in [2.24, 2.45) is 0 Å². The SMILES string of the molecule is CCOC(=O)c1ccn(-c2cccc(NC(=O)N3CCN(C(C)=O)CC3)c2)n1. The van der Waals surface area contributed by atoms with Gasteiger partial charge in [-0.25, -0.2) is 14.3 Å². The van der Waals surface area contributed by atoms with Crippen molar-refractivity contribution in [3.8, 4) is 5.69 Å². The molecule has 9 nitrogen and oxygen atoms in total. The van der Waals surface area contributed by atoms with Crippen LogP contribution < -0.4 is 5.32 Å². The van der Waals surface area contributed by atoms with Crippen LogP contribution in [0.5, 0.6) is 0 Å². The smallest absolute Gasteiger partial charge is 0.358 e. The Morgan fingerprint density at radius 2 is 1.82 bits per heavy atom. The second-order valence-electron chi connectivity index (χ2n) is 6.34.